The maximum absolute atomic E-state index is 13.0. The quantitative estimate of drug-likeness (QED) is 0.437. The van der Waals surface area contributed by atoms with Crippen LogP contribution in [0.15, 0.2) is 29.2 Å². The van der Waals surface area contributed by atoms with Gasteiger partial charge in [-0.2, -0.15) is 0 Å². The number of hydrogen-bond donors (Lipinski definition) is 0. The molecule has 2 amide bonds. The summed E-state index contributed by atoms with van der Waals surface area (Å²) >= 11 is 6.41. The highest BCUT2D eigenvalue weighted by molar-refractivity contribution is 8.26. The van der Waals surface area contributed by atoms with Crippen LogP contribution >= 0.6 is 24.0 Å². The average molecular weight is 390 g/mol. The van der Waals surface area contributed by atoms with E-state index >= 15 is 0 Å². The largest absolute Gasteiger partial charge is 0.469 e. The highest BCUT2D eigenvalue weighted by atomic mass is 32.2. The van der Waals surface area contributed by atoms with Gasteiger partial charge in [0.1, 0.15) is 4.32 Å². The number of thioether (sulfide) groups is 1. The molecule has 2 aliphatic heterocycles. The number of rotatable bonds is 5. The minimum absolute atomic E-state index is 0.0536. The fourth-order valence-electron chi connectivity index (χ4n) is 2.99. The Morgan fingerprint density at radius 2 is 1.88 bits per heavy atom. The summed E-state index contributed by atoms with van der Waals surface area (Å²) in [7, 11) is 1.30. The van der Waals surface area contributed by atoms with E-state index in [1.807, 2.05) is 31.2 Å². The molecular formula is C18H18N2O4S2. The van der Waals surface area contributed by atoms with E-state index in [1.165, 1.54) is 12.0 Å². The lowest BCUT2D eigenvalue weighted by Gasteiger charge is -2.15. The van der Waals surface area contributed by atoms with Crippen LogP contribution in [0.25, 0.3) is 5.57 Å². The second-order valence-corrected chi connectivity index (χ2v) is 7.47. The summed E-state index contributed by atoms with van der Waals surface area (Å²) in [6.07, 6.45) is 0.867. The summed E-state index contributed by atoms with van der Waals surface area (Å²) in [6.45, 7) is 2.73. The van der Waals surface area contributed by atoms with E-state index in [-0.39, 0.29) is 24.8 Å². The molecule has 0 bridgehead atoms. The first-order chi connectivity index (χ1) is 12.5. The van der Waals surface area contributed by atoms with Crippen LogP contribution in [0.1, 0.15) is 25.3 Å². The molecule has 1 fully saturated rings. The van der Waals surface area contributed by atoms with Gasteiger partial charge in [-0.3, -0.25) is 19.3 Å². The molecule has 0 aromatic heterocycles. The van der Waals surface area contributed by atoms with Crippen LogP contribution in [0.4, 0.5) is 5.69 Å². The third-order valence-corrected chi connectivity index (χ3v) is 5.66. The van der Waals surface area contributed by atoms with Crippen molar-refractivity contribution >= 4 is 57.3 Å². The second kappa shape index (κ2) is 7.59. The number of anilines is 1. The Balaban J connectivity index is 1.97. The molecule has 26 heavy (non-hydrogen) atoms. The summed E-state index contributed by atoms with van der Waals surface area (Å²) < 4.78 is 4.96. The number of amides is 2. The van der Waals surface area contributed by atoms with Gasteiger partial charge in [-0.1, -0.05) is 49.1 Å². The van der Waals surface area contributed by atoms with Gasteiger partial charge in [0, 0.05) is 18.7 Å². The predicted octanol–water partition coefficient (Wildman–Crippen LogP) is 2.58. The second-order valence-electron chi connectivity index (χ2n) is 5.83. The minimum Gasteiger partial charge on any atom is -0.469 e. The molecular weight excluding hydrogens is 372 g/mol. The zero-order chi connectivity index (χ0) is 18.8. The van der Waals surface area contributed by atoms with Crippen molar-refractivity contribution in [3.63, 3.8) is 0 Å². The van der Waals surface area contributed by atoms with E-state index in [9.17, 15) is 14.4 Å². The van der Waals surface area contributed by atoms with Gasteiger partial charge >= 0.3 is 5.97 Å². The summed E-state index contributed by atoms with van der Waals surface area (Å²) in [5.74, 6) is -0.926. The van der Waals surface area contributed by atoms with Crippen LogP contribution in [-0.2, 0) is 19.1 Å². The number of esters is 1. The molecule has 8 heteroatoms. The molecule has 0 unspecified atom stereocenters. The van der Waals surface area contributed by atoms with Crippen molar-refractivity contribution in [2.75, 3.05) is 25.1 Å². The maximum atomic E-state index is 13.0. The van der Waals surface area contributed by atoms with Crippen LogP contribution in [0.5, 0.6) is 0 Å². The SMILES string of the molecule is CCCN1C(=O)/C(=C2\SC(=S)N(CCC(=O)OC)C2=O)c2ccccc21. The zero-order valence-corrected chi connectivity index (χ0v) is 16.1. The van der Waals surface area contributed by atoms with Gasteiger partial charge in [0.15, 0.2) is 0 Å². The van der Waals surface area contributed by atoms with E-state index in [0.29, 0.717) is 21.3 Å². The molecule has 2 aliphatic rings. The van der Waals surface area contributed by atoms with Crippen molar-refractivity contribution in [1.82, 2.24) is 4.90 Å². The topological polar surface area (TPSA) is 66.9 Å². The maximum Gasteiger partial charge on any atom is 0.307 e. The molecule has 0 N–H and O–H groups in total. The van der Waals surface area contributed by atoms with Gasteiger partial charge in [-0.15, -0.1) is 0 Å². The predicted molar refractivity (Wildman–Crippen MR) is 105 cm³/mol. The molecule has 0 atom stereocenters. The smallest absolute Gasteiger partial charge is 0.307 e. The first-order valence-electron chi connectivity index (χ1n) is 8.25. The lowest BCUT2D eigenvalue weighted by Crippen LogP contribution is -2.31. The van der Waals surface area contributed by atoms with Crippen molar-refractivity contribution in [2.24, 2.45) is 0 Å². The fraction of sp³-hybridized carbons (Fsp3) is 0.333. The van der Waals surface area contributed by atoms with E-state index < -0.39 is 5.97 Å². The first kappa shape index (κ1) is 18.6. The highest BCUT2D eigenvalue weighted by Crippen LogP contribution is 2.44. The van der Waals surface area contributed by atoms with Crippen molar-refractivity contribution in [3.8, 4) is 0 Å². The molecule has 0 radical (unpaired) electrons. The zero-order valence-electron chi connectivity index (χ0n) is 14.5. The van der Waals surface area contributed by atoms with E-state index in [2.05, 4.69) is 4.74 Å². The van der Waals surface area contributed by atoms with Gasteiger partial charge < -0.3 is 9.64 Å². The number of carbonyl (C=O) groups is 3. The van der Waals surface area contributed by atoms with Crippen molar-refractivity contribution < 1.29 is 19.1 Å². The summed E-state index contributed by atoms with van der Waals surface area (Å²) in [4.78, 5) is 40.6. The number of methoxy groups -OCH3 is 1. The molecule has 1 aromatic carbocycles. The Labute approximate surface area is 161 Å². The Hall–Kier alpha value is -2.19. The van der Waals surface area contributed by atoms with Gasteiger partial charge in [-0.25, -0.2) is 0 Å². The fourth-order valence-corrected chi connectivity index (χ4v) is 4.37. The lowest BCUT2D eigenvalue weighted by atomic mass is 10.1. The normalized spacial score (nSPS) is 19.4. The highest BCUT2D eigenvalue weighted by Gasteiger charge is 2.41. The lowest BCUT2D eigenvalue weighted by molar-refractivity contribution is -0.141. The van der Waals surface area contributed by atoms with Crippen LogP contribution in [0, 0.1) is 0 Å². The van der Waals surface area contributed by atoms with E-state index in [1.54, 1.807) is 4.90 Å². The molecule has 6 nitrogen and oxygen atoms in total. The number of carbonyl (C=O) groups excluding carboxylic acids is 3. The number of thiocarbonyl (C=S) groups is 1. The molecule has 0 saturated carbocycles. The van der Waals surface area contributed by atoms with Gasteiger partial charge in [0.05, 0.1) is 29.7 Å². The summed E-state index contributed by atoms with van der Waals surface area (Å²) in [5, 5.41) is 0. The van der Waals surface area contributed by atoms with Gasteiger partial charge in [0.2, 0.25) is 0 Å². The Kier molecular flexibility index (Phi) is 5.43. The number of para-hydroxylation sites is 1. The minimum atomic E-state index is -0.414. The van der Waals surface area contributed by atoms with Crippen molar-refractivity contribution in [2.45, 2.75) is 19.8 Å². The molecule has 136 valence electrons. The molecule has 1 saturated heterocycles. The third-order valence-electron chi connectivity index (χ3n) is 4.21. The molecule has 3 rings (SSSR count). The summed E-state index contributed by atoms with van der Waals surface area (Å²) in [5.41, 5.74) is 1.96. The number of ether oxygens (including phenoxy) is 1. The summed E-state index contributed by atoms with van der Waals surface area (Å²) in [6, 6.07) is 7.45. The van der Waals surface area contributed by atoms with E-state index in [4.69, 9.17) is 12.2 Å². The number of hydrogen-bond acceptors (Lipinski definition) is 6. The number of fused-ring (bicyclic) bond motifs is 1. The van der Waals surface area contributed by atoms with Crippen LogP contribution in [0.3, 0.4) is 0 Å². The van der Waals surface area contributed by atoms with Crippen molar-refractivity contribution in [3.05, 3.63) is 34.7 Å². The number of nitrogens with zero attached hydrogens (tertiary/aromatic N) is 2. The Bertz CT molecular complexity index is 834. The number of benzene rings is 1. The van der Waals surface area contributed by atoms with Crippen LogP contribution in [0.2, 0.25) is 0 Å². The van der Waals surface area contributed by atoms with Gasteiger partial charge in [-0.05, 0) is 12.5 Å². The monoisotopic (exact) mass is 390 g/mol. The van der Waals surface area contributed by atoms with Gasteiger partial charge in [0.25, 0.3) is 11.8 Å². The van der Waals surface area contributed by atoms with Crippen LogP contribution in [-0.4, -0.2) is 47.2 Å². The standard InChI is InChI=1S/C18H18N2O4S2/c1-3-9-19-12-7-5-4-6-11(12)14(16(19)22)15-17(23)20(18(25)26-15)10-8-13(21)24-2/h4-7H,3,8-10H2,1-2H3/b15-14-. The van der Waals surface area contributed by atoms with Crippen molar-refractivity contribution in [1.29, 1.82) is 0 Å². The molecule has 0 aliphatic carbocycles. The molecule has 1 aromatic rings. The van der Waals surface area contributed by atoms with Crippen LogP contribution < -0.4 is 4.90 Å². The van der Waals surface area contributed by atoms with E-state index in [0.717, 1.165) is 29.4 Å². The third kappa shape index (κ3) is 3.14. The Morgan fingerprint density at radius 3 is 2.58 bits per heavy atom. The molecule has 2 heterocycles. The molecule has 0 spiro atoms. The Morgan fingerprint density at radius 1 is 1.15 bits per heavy atom. The average Bonchev–Trinajstić information content (AvgIpc) is 3.07. The first-order valence-corrected chi connectivity index (χ1v) is 9.48.